The van der Waals surface area contributed by atoms with E-state index in [1.165, 1.54) is 48.3 Å². The van der Waals surface area contributed by atoms with Crippen molar-refractivity contribution in [2.75, 3.05) is 25.2 Å². The summed E-state index contributed by atoms with van der Waals surface area (Å²) in [6.07, 6.45) is 4.91. The third-order valence-electron chi connectivity index (χ3n) is 4.95. The molecule has 4 heteroatoms. The summed E-state index contributed by atoms with van der Waals surface area (Å²) in [5.41, 5.74) is 3.13. The lowest BCUT2D eigenvalue weighted by Crippen LogP contribution is -2.45. The van der Waals surface area contributed by atoms with E-state index in [1.807, 2.05) is 11.3 Å². The van der Waals surface area contributed by atoms with Crippen molar-refractivity contribution in [2.24, 2.45) is 5.92 Å². The quantitative estimate of drug-likeness (QED) is 0.911. The molecule has 0 saturated carbocycles. The van der Waals surface area contributed by atoms with Gasteiger partial charge >= 0.3 is 0 Å². The summed E-state index contributed by atoms with van der Waals surface area (Å²) >= 11 is 3.91. The SMILES string of the molecule is CNC(c1cscc1C)C1CCOC2(CCSCC2)C1. The third kappa shape index (κ3) is 2.94. The number of rotatable bonds is 3. The molecule has 0 bridgehead atoms. The predicted molar refractivity (Wildman–Crippen MR) is 88.8 cm³/mol. The van der Waals surface area contributed by atoms with E-state index in [1.54, 1.807) is 0 Å². The minimum absolute atomic E-state index is 0.188. The average Bonchev–Trinajstić information content (AvgIpc) is 2.87. The second kappa shape index (κ2) is 6.39. The van der Waals surface area contributed by atoms with Gasteiger partial charge in [-0.05, 0) is 79.0 Å². The Kier molecular flexibility index (Phi) is 4.75. The van der Waals surface area contributed by atoms with E-state index < -0.39 is 0 Å². The van der Waals surface area contributed by atoms with Crippen molar-refractivity contribution < 1.29 is 4.74 Å². The lowest BCUT2D eigenvalue weighted by molar-refractivity contribution is -0.107. The Labute approximate surface area is 130 Å². The number of hydrogen-bond donors (Lipinski definition) is 1. The van der Waals surface area contributed by atoms with E-state index in [9.17, 15) is 0 Å². The van der Waals surface area contributed by atoms with Crippen molar-refractivity contribution in [2.45, 2.75) is 44.2 Å². The van der Waals surface area contributed by atoms with Crippen molar-refractivity contribution in [3.8, 4) is 0 Å². The molecule has 20 heavy (non-hydrogen) atoms. The summed E-state index contributed by atoms with van der Waals surface area (Å²) < 4.78 is 6.24. The molecule has 1 aromatic heterocycles. The largest absolute Gasteiger partial charge is 0.375 e. The van der Waals surface area contributed by atoms with E-state index in [0.717, 1.165) is 6.61 Å². The van der Waals surface area contributed by atoms with Gasteiger partial charge in [0.25, 0.3) is 0 Å². The minimum atomic E-state index is 0.188. The molecule has 2 atom stereocenters. The highest BCUT2D eigenvalue weighted by Gasteiger charge is 2.41. The first-order valence-electron chi connectivity index (χ1n) is 7.66. The van der Waals surface area contributed by atoms with Crippen LogP contribution >= 0.6 is 23.1 Å². The van der Waals surface area contributed by atoms with Crippen LogP contribution in [0, 0.1) is 12.8 Å². The summed E-state index contributed by atoms with van der Waals surface area (Å²) in [5.74, 6) is 3.26. The van der Waals surface area contributed by atoms with E-state index in [0.29, 0.717) is 12.0 Å². The van der Waals surface area contributed by atoms with E-state index in [-0.39, 0.29) is 5.60 Å². The molecular formula is C16H25NOS2. The van der Waals surface area contributed by atoms with E-state index in [2.05, 4.69) is 41.8 Å². The number of thiophene rings is 1. The topological polar surface area (TPSA) is 21.3 Å². The molecule has 3 rings (SSSR count). The summed E-state index contributed by atoms with van der Waals surface area (Å²) in [4.78, 5) is 0. The second-order valence-corrected chi connectivity index (χ2v) is 8.14. The van der Waals surface area contributed by atoms with Gasteiger partial charge in [-0.25, -0.2) is 0 Å². The normalized spacial score (nSPS) is 27.6. The van der Waals surface area contributed by atoms with Gasteiger partial charge in [-0.1, -0.05) is 0 Å². The number of thioether (sulfide) groups is 1. The van der Waals surface area contributed by atoms with Crippen LogP contribution in [0.15, 0.2) is 10.8 Å². The Hall–Kier alpha value is -0.0300. The zero-order chi connectivity index (χ0) is 14.0. The number of hydrogen-bond acceptors (Lipinski definition) is 4. The molecule has 0 radical (unpaired) electrons. The highest BCUT2D eigenvalue weighted by molar-refractivity contribution is 7.99. The fourth-order valence-electron chi connectivity index (χ4n) is 3.78. The smallest absolute Gasteiger partial charge is 0.0701 e. The highest BCUT2D eigenvalue weighted by atomic mass is 32.2. The van der Waals surface area contributed by atoms with Crippen LogP contribution in [0.4, 0.5) is 0 Å². The van der Waals surface area contributed by atoms with Gasteiger partial charge in [0.2, 0.25) is 0 Å². The van der Waals surface area contributed by atoms with Gasteiger partial charge in [0.15, 0.2) is 0 Å². The van der Waals surface area contributed by atoms with Gasteiger partial charge < -0.3 is 10.1 Å². The van der Waals surface area contributed by atoms with Crippen molar-refractivity contribution in [3.63, 3.8) is 0 Å². The van der Waals surface area contributed by atoms with Crippen LogP contribution in [0.2, 0.25) is 0 Å². The minimum Gasteiger partial charge on any atom is -0.375 e. The lowest BCUT2D eigenvalue weighted by Gasteiger charge is -2.45. The first-order valence-corrected chi connectivity index (χ1v) is 9.75. The molecule has 2 aliphatic heterocycles. The molecule has 1 N–H and O–H groups in total. The van der Waals surface area contributed by atoms with Crippen LogP contribution in [-0.4, -0.2) is 30.8 Å². The summed E-state index contributed by atoms with van der Waals surface area (Å²) in [7, 11) is 2.11. The fraction of sp³-hybridized carbons (Fsp3) is 0.750. The molecule has 2 unspecified atom stereocenters. The maximum absolute atomic E-state index is 6.24. The van der Waals surface area contributed by atoms with Gasteiger partial charge in [-0.2, -0.15) is 23.1 Å². The molecule has 1 spiro atoms. The fourth-order valence-corrected chi connectivity index (χ4v) is 5.90. The predicted octanol–water partition coefficient (Wildman–Crippen LogP) is 4.01. The molecule has 2 aliphatic rings. The van der Waals surface area contributed by atoms with Gasteiger partial charge in [-0.3, -0.25) is 0 Å². The number of ether oxygens (including phenoxy) is 1. The van der Waals surface area contributed by atoms with Gasteiger partial charge in [-0.15, -0.1) is 0 Å². The van der Waals surface area contributed by atoms with Gasteiger partial charge in [0.05, 0.1) is 5.60 Å². The maximum Gasteiger partial charge on any atom is 0.0701 e. The molecule has 0 aliphatic carbocycles. The van der Waals surface area contributed by atoms with Crippen molar-refractivity contribution in [3.05, 3.63) is 21.9 Å². The van der Waals surface area contributed by atoms with Crippen LogP contribution < -0.4 is 5.32 Å². The average molecular weight is 312 g/mol. The lowest BCUT2D eigenvalue weighted by atomic mass is 9.77. The van der Waals surface area contributed by atoms with E-state index in [4.69, 9.17) is 4.74 Å². The molecule has 2 nitrogen and oxygen atoms in total. The van der Waals surface area contributed by atoms with Crippen LogP contribution in [-0.2, 0) is 4.74 Å². The molecule has 3 heterocycles. The maximum atomic E-state index is 6.24. The summed E-state index contributed by atoms with van der Waals surface area (Å²) in [6, 6.07) is 0.497. The van der Waals surface area contributed by atoms with E-state index >= 15 is 0 Å². The monoisotopic (exact) mass is 311 g/mol. The Balaban J connectivity index is 1.76. The van der Waals surface area contributed by atoms with Gasteiger partial charge in [0, 0.05) is 12.6 Å². The van der Waals surface area contributed by atoms with Crippen LogP contribution in [0.1, 0.15) is 42.9 Å². The first kappa shape index (κ1) is 14.9. The first-order chi connectivity index (χ1) is 9.74. The molecule has 1 aromatic rings. The molecule has 2 fully saturated rings. The number of nitrogens with one attached hydrogen (secondary N) is 1. The summed E-state index contributed by atoms with van der Waals surface area (Å²) in [6.45, 7) is 3.18. The van der Waals surface area contributed by atoms with Crippen LogP contribution in [0.5, 0.6) is 0 Å². The summed E-state index contributed by atoms with van der Waals surface area (Å²) in [5, 5.41) is 8.18. The zero-order valence-electron chi connectivity index (χ0n) is 12.5. The third-order valence-corrected chi connectivity index (χ3v) is 6.81. The Morgan fingerprint density at radius 1 is 1.35 bits per heavy atom. The van der Waals surface area contributed by atoms with Gasteiger partial charge in [0.1, 0.15) is 0 Å². The Morgan fingerprint density at radius 2 is 2.15 bits per heavy atom. The van der Waals surface area contributed by atoms with Crippen molar-refractivity contribution in [1.29, 1.82) is 0 Å². The van der Waals surface area contributed by atoms with Crippen LogP contribution in [0.25, 0.3) is 0 Å². The zero-order valence-corrected chi connectivity index (χ0v) is 14.1. The van der Waals surface area contributed by atoms with Crippen LogP contribution in [0.3, 0.4) is 0 Å². The molecular weight excluding hydrogens is 286 g/mol. The Morgan fingerprint density at radius 3 is 2.80 bits per heavy atom. The molecule has 2 saturated heterocycles. The van der Waals surface area contributed by atoms with Crippen molar-refractivity contribution >= 4 is 23.1 Å². The Bertz CT molecular complexity index is 434. The van der Waals surface area contributed by atoms with Crippen molar-refractivity contribution in [1.82, 2.24) is 5.32 Å². The number of aryl methyl sites for hydroxylation is 1. The highest BCUT2D eigenvalue weighted by Crippen LogP contribution is 2.44. The second-order valence-electron chi connectivity index (χ2n) is 6.17. The standard InChI is InChI=1S/C16H25NOS2/c1-12-10-20-11-14(12)15(17-2)13-3-6-18-16(9-13)4-7-19-8-5-16/h10-11,13,15,17H,3-9H2,1-2H3. The molecule has 112 valence electrons. The molecule has 0 aromatic carbocycles. The molecule has 0 amide bonds.